The van der Waals surface area contributed by atoms with E-state index in [0.29, 0.717) is 13.2 Å². The second-order valence-corrected chi connectivity index (χ2v) is 5.54. The smallest absolute Gasteiger partial charge is 0.119 e. The van der Waals surface area contributed by atoms with Crippen molar-refractivity contribution in [1.82, 2.24) is 0 Å². The van der Waals surface area contributed by atoms with Crippen molar-refractivity contribution < 1.29 is 9.84 Å². The van der Waals surface area contributed by atoms with E-state index in [9.17, 15) is 5.11 Å². The zero-order chi connectivity index (χ0) is 13.2. The number of β-amino-alcohol motifs (C(OH)–C–C–N with tert-alkyl or cyclic N) is 1. The molecule has 2 rings (SSSR count). The van der Waals surface area contributed by atoms with Gasteiger partial charge in [-0.15, -0.1) is 0 Å². The predicted molar refractivity (Wildman–Crippen MR) is 74.3 cm³/mol. The molecule has 0 radical (unpaired) electrons. The van der Waals surface area contributed by atoms with Gasteiger partial charge in [0, 0.05) is 17.8 Å². The van der Waals surface area contributed by atoms with Crippen LogP contribution in [0.1, 0.15) is 33.6 Å². The lowest BCUT2D eigenvalue weighted by molar-refractivity contribution is 0.126. The summed E-state index contributed by atoms with van der Waals surface area (Å²) in [6.07, 6.45) is 1.69. The molecule has 1 aliphatic rings. The molecule has 3 nitrogen and oxygen atoms in total. The van der Waals surface area contributed by atoms with Gasteiger partial charge in [0.1, 0.15) is 5.75 Å². The van der Waals surface area contributed by atoms with Crippen molar-refractivity contribution in [3.05, 3.63) is 24.3 Å². The number of hydrogen-bond acceptors (Lipinski definition) is 3. The Balaban J connectivity index is 2.18. The minimum atomic E-state index is -0.218. The normalized spacial score (nSPS) is 22.9. The van der Waals surface area contributed by atoms with Crippen LogP contribution < -0.4 is 9.64 Å². The van der Waals surface area contributed by atoms with Crippen molar-refractivity contribution in [3.63, 3.8) is 0 Å². The molecule has 0 saturated carbocycles. The number of aliphatic hydroxyl groups is 1. The highest BCUT2D eigenvalue weighted by Crippen LogP contribution is 2.33. The zero-order valence-corrected chi connectivity index (χ0v) is 11.5. The molecule has 1 aromatic rings. The molecular weight excluding hydrogens is 226 g/mol. The standard InChI is InChI=1S/C15H23NO2/c1-4-18-14-7-5-12(6-8-14)16-11-13(17)9-10-15(16,2)3/h5-8,13,17H,4,9-11H2,1-3H3. The van der Waals surface area contributed by atoms with Crippen LogP contribution in [0.25, 0.3) is 0 Å². The molecule has 1 heterocycles. The number of anilines is 1. The van der Waals surface area contributed by atoms with Crippen LogP contribution in [-0.2, 0) is 0 Å². The molecule has 3 heteroatoms. The first-order valence-corrected chi connectivity index (χ1v) is 6.71. The molecule has 1 N–H and O–H groups in total. The molecule has 0 amide bonds. The topological polar surface area (TPSA) is 32.7 Å². The van der Waals surface area contributed by atoms with Gasteiger partial charge >= 0.3 is 0 Å². The molecule has 0 aliphatic carbocycles. The van der Waals surface area contributed by atoms with Gasteiger partial charge in [-0.2, -0.15) is 0 Å². The van der Waals surface area contributed by atoms with Crippen LogP contribution in [0, 0.1) is 0 Å². The Kier molecular flexibility index (Phi) is 3.81. The van der Waals surface area contributed by atoms with Gasteiger partial charge in [-0.25, -0.2) is 0 Å². The number of nitrogens with zero attached hydrogens (tertiary/aromatic N) is 1. The first kappa shape index (κ1) is 13.2. The lowest BCUT2D eigenvalue weighted by Gasteiger charge is -2.46. The van der Waals surface area contributed by atoms with E-state index in [1.807, 2.05) is 19.1 Å². The summed E-state index contributed by atoms with van der Waals surface area (Å²) < 4.78 is 5.45. The van der Waals surface area contributed by atoms with Crippen molar-refractivity contribution >= 4 is 5.69 Å². The third-order valence-corrected chi connectivity index (χ3v) is 3.67. The van der Waals surface area contributed by atoms with Gasteiger partial charge in [0.2, 0.25) is 0 Å². The molecule has 18 heavy (non-hydrogen) atoms. The van der Waals surface area contributed by atoms with E-state index in [4.69, 9.17) is 4.74 Å². The Bertz CT molecular complexity index is 386. The van der Waals surface area contributed by atoms with Gasteiger partial charge in [-0.05, 0) is 57.9 Å². The largest absolute Gasteiger partial charge is 0.494 e. The van der Waals surface area contributed by atoms with Crippen LogP contribution in [0.15, 0.2) is 24.3 Å². The molecule has 1 atom stereocenters. The lowest BCUT2D eigenvalue weighted by Crippen LogP contribution is -2.52. The minimum Gasteiger partial charge on any atom is -0.494 e. The first-order chi connectivity index (χ1) is 8.53. The number of benzene rings is 1. The molecular formula is C15H23NO2. The van der Waals surface area contributed by atoms with Crippen molar-refractivity contribution in [2.24, 2.45) is 0 Å². The van der Waals surface area contributed by atoms with E-state index in [-0.39, 0.29) is 11.6 Å². The molecule has 1 saturated heterocycles. The van der Waals surface area contributed by atoms with Gasteiger partial charge in [0.25, 0.3) is 0 Å². The molecule has 1 aliphatic heterocycles. The Labute approximate surface area is 109 Å². The van der Waals surface area contributed by atoms with Gasteiger partial charge < -0.3 is 14.7 Å². The van der Waals surface area contributed by atoms with Gasteiger partial charge in [-0.3, -0.25) is 0 Å². The molecule has 0 bridgehead atoms. The fourth-order valence-electron chi connectivity index (χ4n) is 2.55. The minimum absolute atomic E-state index is 0.104. The highest BCUT2D eigenvalue weighted by atomic mass is 16.5. The van der Waals surface area contributed by atoms with Crippen molar-refractivity contribution in [2.75, 3.05) is 18.1 Å². The summed E-state index contributed by atoms with van der Waals surface area (Å²) >= 11 is 0. The van der Waals surface area contributed by atoms with Crippen LogP contribution in [0.2, 0.25) is 0 Å². The van der Waals surface area contributed by atoms with E-state index >= 15 is 0 Å². The molecule has 100 valence electrons. The summed E-state index contributed by atoms with van der Waals surface area (Å²) in [7, 11) is 0. The third kappa shape index (κ3) is 2.78. The van der Waals surface area contributed by atoms with Crippen LogP contribution >= 0.6 is 0 Å². The first-order valence-electron chi connectivity index (χ1n) is 6.71. The fourth-order valence-corrected chi connectivity index (χ4v) is 2.55. The van der Waals surface area contributed by atoms with Crippen LogP contribution in [-0.4, -0.2) is 29.9 Å². The Hall–Kier alpha value is -1.22. The van der Waals surface area contributed by atoms with Crippen molar-refractivity contribution in [3.8, 4) is 5.75 Å². The molecule has 1 aromatic carbocycles. The number of rotatable bonds is 3. The zero-order valence-electron chi connectivity index (χ0n) is 11.5. The average molecular weight is 249 g/mol. The van der Waals surface area contributed by atoms with E-state index in [0.717, 1.165) is 24.3 Å². The van der Waals surface area contributed by atoms with Crippen molar-refractivity contribution in [1.29, 1.82) is 0 Å². The molecule has 0 spiro atoms. The molecule has 1 unspecified atom stereocenters. The summed E-state index contributed by atoms with van der Waals surface area (Å²) in [5.74, 6) is 0.900. The maximum atomic E-state index is 9.85. The fraction of sp³-hybridized carbons (Fsp3) is 0.600. The molecule has 1 fully saturated rings. The molecule has 0 aromatic heterocycles. The number of hydrogen-bond donors (Lipinski definition) is 1. The summed E-state index contributed by atoms with van der Waals surface area (Å²) in [6.45, 7) is 7.84. The summed E-state index contributed by atoms with van der Waals surface area (Å²) in [5, 5.41) is 9.85. The Morgan fingerprint density at radius 3 is 2.61 bits per heavy atom. The van der Waals surface area contributed by atoms with E-state index in [1.165, 1.54) is 0 Å². The van der Waals surface area contributed by atoms with Crippen LogP contribution in [0.5, 0.6) is 5.75 Å². The summed E-state index contributed by atoms with van der Waals surface area (Å²) in [4.78, 5) is 2.29. The maximum absolute atomic E-state index is 9.85. The maximum Gasteiger partial charge on any atom is 0.119 e. The van der Waals surface area contributed by atoms with Crippen LogP contribution in [0.4, 0.5) is 5.69 Å². The summed E-state index contributed by atoms with van der Waals surface area (Å²) in [5.41, 5.74) is 1.26. The number of aliphatic hydroxyl groups excluding tert-OH is 1. The third-order valence-electron chi connectivity index (χ3n) is 3.67. The van der Waals surface area contributed by atoms with Crippen LogP contribution in [0.3, 0.4) is 0 Å². The quantitative estimate of drug-likeness (QED) is 0.894. The number of piperidine rings is 1. The van der Waals surface area contributed by atoms with Gasteiger partial charge in [0.05, 0.1) is 12.7 Å². The monoisotopic (exact) mass is 249 g/mol. The van der Waals surface area contributed by atoms with Gasteiger partial charge in [-0.1, -0.05) is 0 Å². The van der Waals surface area contributed by atoms with E-state index in [1.54, 1.807) is 0 Å². The highest BCUT2D eigenvalue weighted by Gasteiger charge is 2.33. The second-order valence-electron chi connectivity index (χ2n) is 5.54. The van der Waals surface area contributed by atoms with E-state index in [2.05, 4.69) is 30.9 Å². The Morgan fingerprint density at radius 2 is 2.00 bits per heavy atom. The SMILES string of the molecule is CCOc1ccc(N2CC(O)CCC2(C)C)cc1. The Morgan fingerprint density at radius 1 is 1.33 bits per heavy atom. The number of ether oxygens (including phenoxy) is 1. The predicted octanol–water partition coefficient (Wildman–Crippen LogP) is 2.83. The van der Waals surface area contributed by atoms with Gasteiger partial charge in [0.15, 0.2) is 0 Å². The highest BCUT2D eigenvalue weighted by molar-refractivity contribution is 5.51. The summed E-state index contributed by atoms with van der Waals surface area (Å²) in [6, 6.07) is 8.14. The average Bonchev–Trinajstić information content (AvgIpc) is 2.34. The van der Waals surface area contributed by atoms with E-state index < -0.39 is 0 Å². The second kappa shape index (κ2) is 5.19. The van der Waals surface area contributed by atoms with Crippen molar-refractivity contribution in [2.45, 2.75) is 45.3 Å². The lowest BCUT2D eigenvalue weighted by atomic mass is 9.88.